The Morgan fingerprint density at radius 1 is 1.03 bits per heavy atom. The van der Waals surface area contributed by atoms with Crippen LogP contribution < -0.4 is 10.1 Å². The van der Waals surface area contributed by atoms with Crippen LogP contribution in [0, 0.1) is 0 Å². The number of hydrogen-bond acceptors (Lipinski definition) is 6. The molecule has 0 atom stereocenters. The summed E-state index contributed by atoms with van der Waals surface area (Å²) < 4.78 is 12.8. The number of furan rings is 1. The standard InChI is InChI=1S/C26H27N5O4/c1-29-22-10-9-19(27-25(32)18-35-20-6-3-2-4-7-20)16-21(22)28-24(29)17-30-11-13-31(14-12-30)26(33)23-8-5-15-34-23/h2-10,15-16H,11-14,17-18H2,1H3,(H,27,32). The smallest absolute Gasteiger partial charge is 0.289 e. The van der Waals surface area contributed by atoms with Gasteiger partial charge in [-0.2, -0.15) is 0 Å². The van der Waals surface area contributed by atoms with Gasteiger partial charge >= 0.3 is 0 Å². The van der Waals surface area contributed by atoms with Gasteiger partial charge in [0.1, 0.15) is 11.6 Å². The van der Waals surface area contributed by atoms with Crippen molar-refractivity contribution in [1.29, 1.82) is 0 Å². The third-order valence-electron chi connectivity index (χ3n) is 6.13. The van der Waals surface area contributed by atoms with E-state index in [9.17, 15) is 9.59 Å². The molecule has 2 aromatic heterocycles. The molecule has 0 bridgehead atoms. The minimum atomic E-state index is -0.230. The number of hydrogen-bond donors (Lipinski definition) is 1. The van der Waals surface area contributed by atoms with E-state index < -0.39 is 0 Å². The number of carbonyl (C=O) groups excluding carboxylic acids is 2. The highest BCUT2D eigenvalue weighted by Crippen LogP contribution is 2.21. The molecule has 0 saturated carbocycles. The van der Waals surface area contributed by atoms with Gasteiger partial charge in [0.05, 0.1) is 23.8 Å². The predicted molar refractivity (Wildman–Crippen MR) is 131 cm³/mol. The van der Waals surface area contributed by atoms with Gasteiger partial charge in [0, 0.05) is 38.9 Å². The Labute approximate surface area is 202 Å². The Kier molecular flexibility index (Phi) is 6.49. The Bertz CT molecular complexity index is 1310. The highest BCUT2D eigenvalue weighted by atomic mass is 16.5. The van der Waals surface area contributed by atoms with Gasteiger partial charge in [-0.15, -0.1) is 0 Å². The van der Waals surface area contributed by atoms with Crippen molar-refractivity contribution in [3.05, 3.63) is 78.5 Å². The number of amides is 2. The van der Waals surface area contributed by atoms with Crippen LogP contribution in [0.1, 0.15) is 16.4 Å². The van der Waals surface area contributed by atoms with E-state index in [0.29, 0.717) is 36.8 Å². The number of aromatic nitrogens is 2. The van der Waals surface area contributed by atoms with Gasteiger partial charge in [0.15, 0.2) is 12.4 Å². The molecule has 5 rings (SSSR count). The number of ether oxygens (including phenoxy) is 1. The molecular formula is C26H27N5O4. The molecule has 0 spiro atoms. The topological polar surface area (TPSA) is 92.8 Å². The maximum absolute atomic E-state index is 12.5. The lowest BCUT2D eigenvalue weighted by molar-refractivity contribution is -0.118. The van der Waals surface area contributed by atoms with E-state index in [1.165, 1.54) is 6.26 Å². The van der Waals surface area contributed by atoms with E-state index in [0.717, 1.165) is 29.9 Å². The lowest BCUT2D eigenvalue weighted by Crippen LogP contribution is -2.48. The molecule has 2 aromatic carbocycles. The fraction of sp³-hybridized carbons (Fsp3) is 0.269. The van der Waals surface area contributed by atoms with Crippen LogP contribution in [0.15, 0.2) is 71.3 Å². The summed E-state index contributed by atoms with van der Waals surface area (Å²) >= 11 is 0. The van der Waals surface area contributed by atoms with Crippen molar-refractivity contribution in [2.45, 2.75) is 6.54 Å². The number of para-hydroxylation sites is 1. The van der Waals surface area contributed by atoms with Crippen molar-refractivity contribution in [2.24, 2.45) is 7.05 Å². The van der Waals surface area contributed by atoms with E-state index in [-0.39, 0.29) is 18.4 Å². The van der Waals surface area contributed by atoms with Crippen LogP contribution in [0.4, 0.5) is 5.69 Å². The number of piperazine rings is 1. The normalized spacial score (nSPS) is 14.3. The Balaban J connectivity index is 1.18. The summed E-state index contributed by atoms with van der Waals surface area (Å²) in [7, 11) is 1.99. The number of anilines is 1. The van der Waals surface area contributed by atoms with Crippen molar-refractivity contribution in [3.8, 4) is 5.75 Å². The summed E-state index contributed by atoms with van der Waals surface area (Å²) in [6, 6.07) is 18.4. The molecule has 35 heavy (non-hydrogen) atoms. The number of carbonyl (C=O) groups is 2. The number of imidazole rings is 1. The molecule has 1 saturated heterocycles. The zero-order chi connectivity index (χ0) is 24.2. The lowest BCUT2D eigenvalue weighted by atomic mass is 10.2. The number of nitrogens with zero attached hydrogens (tertiary/aromatic N) is 4. The summed E-state index contributed by atoms with van der Waals surface area (Å²) in [5, 5.41) is 2.87. The van der Waals surface area contributed by atoms with Crippen molar-refractivity contribution >= 4 is 28.5 Å². The second-order valence-electron chi connectivity index (χ2n) is 8.49. The van der Waals surface area contributed by atoms with Crippen LogP contribution >= 0.6 is 0 Å². The number of rotatable bonds is 7. The van der Waals surface area contributed by atoms with Gasteiger partial charge in [0.25, 0.3) is 11.8 Å². The van der Waals surface area contributed by atoms with E-state index in [2.05, 4.69) is 14.8 Å². The average molecular weight is 474 g/mol. The quantitative estimate of drug-likeness (QED) is 0.443. The molecule has 0 unspecified atom stereocenters. The van der Waals surface area contributed by atoms with Crippen molar-refractivity contribution in [2.75, 3.05) is 38.1 Å². The molecule has 0 radical (unpaired) electrons. The van der Waals surface area contributed by atoms with Gasteiger partial charge < -0.3 is 23.9 Å². The van der Waals surface area contributed by atoms with Gasteiger partial charge in [-0.3, -0.25) is 14.5 Å². The third-order valence-corrected chi connectivity index (χ3v) is 6.13. The van der Waals surface area contributed by atoms with E-state index in [1.807, 2.05) is 60.5 Å². The van der Waals surface area contributed by atoms with Crippen molar-refractivity contribution in [3.63, 3.8) is 0 Å². The van der Waals surface area contributed by atoms with Gasteiger partial charge in [-0.1, -0.05) is 18.2 Å². The monoisotopic (exact) mass is 473 g/mol. The van der Waals surface area contributed by atoms with E-state index in [4.69, 9.17) is 14.1 Å². The summed E-state index contributed by atoms with van der Waals surface area (Å²) in [5.41, 5.74) is 2.48. The van der Waals surface area contributed by atoms with Gasteiger partial charge in [-0.05, 0) is 42.5 Å². The van der Waals surface area contributed by atoms with E-state index in [1.54, 1.807) is 12.1 Å². The summed E-state index contributed by atoms with van der Waals surface area (Å²) in [6.07, 6.45) is 1.52. The first kappa shape index (κ1) is 22.7. The number of aryl methyl sites for hydroxylation is 1. The highest BCUT2D eigenvalue weighted by molar-refractivity contribution is 5.94. The minimum absolute atomic E-state index is 0.0656. The molecule has 1 aliphatic rings. The van der Waals surface area contributed by atoms with Crippen LogP contribution in [0.5, 0.6) is 5.75 Å². The zero-order valence-electron chi connectivity index (χ0n) is 19.5. The molecule has 1 aliphatic heterocycles. The number of fused-ring (bicyclic) bond motifs is 1. The largest absolute Gasteiger partial charge is 0.484 e. The first-order chi connectivity index (χ1) is 17.1. The third kappa shape index (κ3) is 5.20. The predicted octanol–water partition coefficient (Wildman–Crippen LogP) is 3.14. The van der Waals surface area contributed by atoms with Crippen LogP contribution in [0.3, 0.4) is 0 Å². The van der Waals surface area contributed by atoms with Crippen molar-refractivity contribution in [1.82, 2.24) is 19.4 Å². The SMILES string of the molecule is Cn1c(CN2CCN(C(=O)c3ccco3)CC2)nc2cc(NC(=O)COc3ccccc3)ccc21. The number of nitrogens with one attached hydrogen (secondary N) is 1. The second-order valence-corrected chi connectivity index (χ2v) is 8.49. The average Bonchev–Trinajstić information content (AvgIpc) is 3.52. The van der Waals surface area contributed by atoms with Crippen LogP contribution in [-0.2, 0) is 18.4 Å². The second kappa shape index (κ2) is 10.0. The number of benzene rings is 2. The molecule has 1 N–H and O–H groups in total. The molecule has 9 heteroatoms. The molecule has 0 aliphatic carbocycles. The first-order valence-corrected chi connectivity index (χ1v) is 11.5. The summed E-state index contributed by atoms with van der Waals surface area (Å²) in [5.74, 6) is 1.66. The van der Waals surface area contributed by atoms with Crippen LogP contribution in [-0.4, -0.2) is 64.0 Å². The molecule has 1 fully saturated rings. The fourth-order valence-corrected chi connectivity index (χ4v) is 4.20. The van der Waals surface area contributed by atoms with E-state index >= 15 is 0 Å². The molecule has 2 amide bonds. The summed E-state index contributed by atoms with van der Waals surface area (Å²) in [4.78, 5) is 33.7. The van der Waals surface area contributed by atoms with Gasteiger partial charge in [-0.25, -0.2) is 4.98 Å². The molecule has 180 valence electrons. The zero-order valence-corrected chi connectivity index (χ0v) is 19.5. The molecule has 3 heterocycles. The van der Waals surface area contributed by atoms with Gasteiger partial charge in [0.2, 0.25) is 0 Å². The Morgan fingerprint density at radius 2 is 1.83 bits per heavy atom. The minimum Gasteiger partial charge on any atom is -0.484 e. The lowest BCUT2D eigenvalue weighted by Gasteiger charge is -2.34. The maximum Gasteiger partial charge on any atom is 0.289 e. The summed E-state index contributed by atoms with van der Waals surface area (Å²) in [6.45, 7) is 3.43. The highest BCUT2D eigenvalue weighted by Gasteiger charge is 2.24. The van der Waals surface area contributed by atoms with Crippen LogP contribution in [0.25, 0.3) is 11.0 Å². The molecular weight excluding hydrogens is 446 g/mol. The first-order valence-electron chi connectivity index (χ1n) is 11.5. The van der Waals surface area contributed by atoms with Crippen molar-refractivity contribution < 1.29 is 18.7 Å². The Hall–Kier alpha value is -4.11. The molecule has 4 aromatic rings. The fourth-order valence-electron chi connectivity index (χ4n) is 4.20. The maximum atomic E-state index is 12.5. The molecule has 9 nitrogen and oxygen atoms in total. The van der Waals surface area contributed by atoms with Crippen LogP contribution in [0.2, 0.25) is 0 Å². The Morgan fingerprint density at radius 3 is 2.57 bits per heavy atom.